The number of amides is 1. The minimum Gasteiger partial charge on any atom is -0.480 e. The van der Waals surface area contributed by atoms with E-state index in [9.17, 15) is 4.79 Å². The molecule has 0 saturated carbocycles. The lowest BCUT2D eigenvalue weighted by molar-refractivity contribution is -0.115. The summed E-state index contributed by atoms with van der Waals surface area (Å²) in [5.74, 6) is 1.20. The fourth-order valence-electron chi connectivity index (χ4n) is 2.40. The molecule has 1 saturated heterocycles. The SMILES string of the molecule is C/C=C\C(=C1\CCCN1C=O)c1cnc(C)nc1OC. The maximum absolute atomic E-state index is 11.2. The molecule has 1 aromatic heterocycles. The van der Waals surface area contributed by atoms with Crippen LogP contribution in [-0.2, 0) is 4.79 Å². The van der Waals surface area contributed by atoms with Crippen molar-refractivity contribution in [1.29, 1.82) is 0 Å². The molecule has 0 unspecified atom stereocenters. The zero-order chi connectivity index (χ0) is 14.5. The topological polar surface area (TPSA) is 55.3 Å². The molecule has 2 heterocycles. The van der Waals surface area contributed by atoms with Crippen LogP contribution in [0.5, 0.6) is 5.88 Å². The number of likely N-dealkylation sites (tertiary alicyclic amines) is 1. The Kier molecular flexibility index (Phi) is 4.50. The summed E-state index contributed by atoms with van der Waals surface area (Å²) in [6, 6.07) is 0. The standard InChI is InChI=1S/C15H19N3O2/c1-4-6-12(14-7-5-8-18(14)10-19)13-9-16-11(2)17-15(13)20-3/h4,6,9-10H,5,7-8H2,1-3H3/b6-4-,14-12+. The van der Waals surface area contributed by atoms with Gasteiger partial charge in [-0.15, -0.1) is 0 Å². The van der Waals surface area contributed by atoms with E-state index in [0.29, 0.717) is 11.7 Å². The van der Waals surface area contributed by atoms with Gasteiger partial charge >= 0.3 is 0 Å². The minimum absolute atomic E-state index is 0.538. The zero-order valence-electron chi connectivity index (χ0n) is 12.1. The van der Waals surface area contributed by atoms with Gasteiger partial charge in [0.2, 0.25) is 12.3 Å². The summed E-state index contributed by atoms with van der Waals surface area (Å²) in [7, 11) is 1.59. The fraction of sp³-hybridized carbons (Fsp3) is 0.400. The van der Waals surface area contributed by atoms with Gasteiger partial charge in [0.15, 0.2) is 0 Å². The lowest BCUT2D eigenvalue weighted by Crippen LogP contribution is -2.16. The molecular weight excluding hydrogens is 254 g/mol. The number of hydrogen-bond donors (Lipinski definition) is 0. The van der Waals surface area contributed by atoms with Crippen molar-refractivity contribution in [2.45, 2.75) is 26.7 Å². The highest BCUT2D eigenvalue weighted by molar-refractivity contribution is 5.80. The number of ether oxygens (including phenoxy) is 1. The maximum Gasteiger partial charge on any atom is 0.224 e. The second-order valence-corrected chi connectivity index (χ2v) is 4.60. The van der Waals surface area contributed by atoms with Crippen LogP contribution in [0.15, 0.2) is 24.0 Å². The van der Waals surface area contributed by atoms with Crippen molar-refractivity contribution in [2.75, 3.05) is 13.7 Å². The summed E-state index contributed by atoms with van der Waals surface area (Å²) >= 11 is 0. The van der Waals surface area contributed by atoms with E-state index in [0.717, 1.165) is 42.6 Å². The molecule has 5 nitrogen and oxygen atoms in total. The summed E-state index contributed by atoms with van der Waals surface area (Å²) in [5.41, 5.74) is 2.78. The van der Waals surface area contributed by atoms with Gasteiger partial charge in [0.1, 0.15) is 5.82 Å². The second kappa shape index (κ2) is 6.32. The second-order valence-electron chi connectivity index (χ2n) is 4.60. The van der Waals surface area contributed by atoms with Crippen LogP contribution in [0.25, 0.3) is 5.57 Å². The Hall–Kier alpha value is -2.17. The Morgan fingerprint density at radius 2 is 2.30 bits per heavy atom. The first-order valence-corrected chi connectivity index (χ1v) is 6.67. The van der Waals surface area contributed by atoms with Gasteiger partial charge in [-0.1, -0.05) is 12.2 Å². The Labute approximate surface area is 119 Å². The summed E-state index contributed by atoms with van der Waals surface area (Å²) in [5, 5.41) is 0. The molecule has 0 bridgehead atoms. The van der Waals surface area contributed by atoms with Crippen LogP contribution < -0.4 is 4.74 Å². The van der Waals surface area contributed by atoms with E-state index in [1.165, 1.54) is 0 Å². The van der Waals surface area contributed by atoms with E-state index in [4.69, 9.17) is 4.74 Å². The Morgan fingerprint density at radius 3 is 2.95 bits per heavy atom. The molecular formula is C15H19N3O2. The zero-order valence-corrected chi connectivity index (χ0v) is 12.1. The molecule has 1 aliphatic rings. The molecule has 0 atom stereocenters. The third kappa shape index (κ3) is 2.71. The van der Waals surface area contributed by atoms with Crippen LogP contribution >= 0.6 is 0 Å². The highest BCUT2D eigenvalue weighted by Gasteiger charge is 2.22. The third-order valence-electron chi connectivity index (χ3n) is 3.29. The van der Waals surface area contributed by atoms with Crippen LogP contribution in [0.4, 0.5) is 0 Å². The van der Waals surface area contributed by atoms with E-state index in [1.807, 2.05) is 26.0 Å². The number of methoxy groups -OCH3 is 1. The number of allylic oxidation sites excluding steroid dienone is 4. The van der Waals surface area contributed by atoms with Crippen LogP contribution in [0.2, 0.25) is 0 Å². The average molecular weight is 273 g/mol. The molecule has 20 heavy (non-hydrogen) atoms. The van der Waals surface area contributed by atoms with E-state index in [-0.39, 0.29) is 0 Å². The number of hydrogen-bond acceptors (Lipinski definition) is 4. The highest BCUT2D eigenvalue weighted by Crippen LogP contribution is 2.33. The predicted molar refractivity (Wildman–Crippen MR) is 77.1 cm³/mol. The molecule has 0 aliphatic carbocycles. The Morgan fingerprint density at radius 1 is 1.50 bits per heavy atom. The predicted octanol–water partition coefficient (Wildman–Crippen LogP) is 2.33. The van der Waals surface area contributed by atoms with Gasteiger partial charge in [-0.25, -0.2) is 4.98 Å². The van der Waals surface area contributed by atoms with E-state index in [1.54, 1.807) is 18.2 Å². The van der Waals surface area contributed by atoms with Crippen LogP contribution in [0.1, 0.15) is 31.2 Å². The van der Waals surface area contributed by atoms with Crippen molar-refractivity contribution >= 4 is 12.0 Å². The number of rotatable bonds is 4. The van der Waals surface area contributed by atoms with Crippen LogP contribution in [0, 0.1) is 6.92 Å². The van der Waals surface area contributed by atoms with Crippen molar-refractivity contribution in [1.82, 2.24) is 14.9 Å². The highest BCUT2D eigenvalue weighted by atomic mass is 16.5. The first-order chi connectivity index (χ1) is 9.71. The van der Waals surface area contributed by atoms with Crippen LogP contribution in [0.3, 0.4) is 0 Å². The molecule has 2 rings (SSSR count). The van der Waals surface area contributed by atoms with Gasteiger partial charge in [-0.2, -0.15) is 4.98 Å². The van der Waals surface area contributed by atoms with E-state index in [2.05, 4.69) is 9.97 Å². The first-order valence-electron chi connectivity index (χ1n) is 6.67. The van der Waals surface area contributed by atoms with Crippen LogP contribution in [-0.4, -0.2) is 34.9 Å². The quantitative estimate of drug-likeness (QED) is 0.790. The number of carbonyl (C=O) groups is 1. The molecule has 1 fully saturated rings. The smallest absolute Gasteiger partial charge is 0.224 e. The number of aryl methyl sites for hydroxylation is 1. The molecule has 0 radical (unpaired) electrons. The third-order valence-corrected chi connectivity index (χ3v) is 3.29. The van der Waals surface area contributed by atoms with Crippen molar-refractivity contribution in [3.63, 3.8) is 0 Å². The molecule has 1 aromatic rings. The maximum atomic E-state index is 11.2. The molecule has 0 spiro atoms. The molecule has 5 heteroatoms. The van der Waals surface area contributed by atoms with Gasteiger partial charge in [0.25, 0.3) is 0 Å². The normalized spacial score (nSPS) is 17.6. The largest absolute Gasteiger partial charge is 0.480 e. The fourth-order valence-corrected chi connectivity index (χ4v) is 2.40. The molecule has 0 N–H and O–H groups in total. The number of nitrogens with zero attached hydrogens (tertiary/aromatic N) is 3. The first kappa shape index (κ1) is 14.2. The summed E-state index contributed by atoms with van der Waals surface area (Å²) < 4.78 is 5.36. The van der Waals surface area contributed by atoms with Gasteiger partial charge in [-0.05, 0) is 26.7 Å². The molecule has 0 aromatic carbocycles. The molecule has 1 amide bonds. The number of aromatic nitrogens is 2. The minimum atomic E-state index is 0.538. The number of carbonyl (C=O) groups excluding carboxylic acids is 1. The van der Waals surface area contributed by atoms with Gasteiger partial charge in [0.05, 0.1) is 12.7 Å². The monoisotopic (exact) mass is 273 g/mol. The Balaban J connectivity index is 2.60. The van der Waals surface area contributed by atoms with Crippen molar-refractivity contribution in [3.8, 4) is 5.88 Å². The van der Waals surface area contributed by atoms with Gasteiger partial charge in [0, 0.05) is 24.0 Å². The van der Waals surface area contributed by atoms with E-state index < -0.39 is 0 Å². The lowest BCUT2D eigenvalue weighted by atomic mass is 10.0. The van der Waals surface area contributed by atoms with Gasteiger partial charge in [-0.3, -0.25) is 4.79 Å². The average Bonchev–Trinajstić information content (AvgIpc) is 2.93. The molecule has 1 aliphatic heterocycles. The van der Waals surface area contributed by atoms with Crippen molar-refractivity contribution in [2.24, 2.45) is 0 Å². The summed E-state index contributed by atoms with van der Waals surface area (Å²) in [6.45, 7) is 4.53. The summed E-state index contributed by atoms with van der Waals surface area (Å²) in [6.07, 6.45) is 8.41. The van der Waals surface area contributed by atoms with Crippen molar-refractivity contribution in [3.05, 3.63) is 35.4 Å². The molecule has 106 valence electrons. The van der Waals surface area contributed by atoms with Crippen molar-refractivity contribution < 1.29 is 9.53 Å². The lowest BCUT2D eigenvalue weighted by Gasteiger charge is -2.16. The van der Waals surface area contributed by atoms with Gasteiger partial charge < -0.3 is 9.64 Å². The van der Waals surface area contributed by atoms with E-state index >= 15 is 0 Å². The summed E-state index contributed by atoms with van der Waals surface area (Å²) in [4.78, 5) is 21.5. The Bertz CT molecular complexity index is 564.